The zero-order chi connectivity index (χ0) is 14.8. The fourth-order valence-corrected chi connectivity index (χ4v) is 2.91. The van der Waals surface area contributed by atoms with Gasteiger partial charge in [0.25, 0.3) is 0 Å². The largest absolute Gasteiger partial charge is 0.493 e. The van der Waals surface area contributed by atoms with E-state index in [0.29, 0.717) is 11.5 Å². The first-order valence-electron chi connectivity index (χ1n) is 6.40. The Labute approximate surface area is 126 Å². The number of aromatic nitrogens is 2. The Morgan fingerprint density at radius 3 is 2.62 bits per heavy atom. The van der Waals surface area contributed by atoms with Gasteiger partial charge in [-0.15, -0.1) is 11.3 Å². The lowest BCUT2D eigenvalue weighted by Gasteiger charge is -2.14. The number of rotatable bonds is 4. The van der Waals surface area contributed by atoms with Crippen molar-refractivity contribution in [1.82, 2.24) is 9.97 Å². The molecule has 0 bridgehead atoms. The summed E-state index contributed by atoms with van der Waals surface area (Å²) in [6.07, 6.45) is 1.56. The van der Waals surface area contributed by atoms with Crippen molar-refractivity contribution >= 4 is 33.1 Å². The highest BCUT2D eigenvalue weighted by Gasteiger charge is 2.11. The average Bonchev–Trinajstić information content (AvgIpc) is 2.98. The average molecular weight is 301 g/mol. The van der Waals surface area contributed by atoms with Crippen molar-refractivity contribution < 1.29 is 9.47 Å². The van der Waals surface area contributed by atoms with Gasteiger partial charge in [-0.3, -0.25) is 0 Å². The van der Waals surface area contributed by atoms with E-state index in [2.05, 4.69) is 15.3 Å². The molecular formula is C15H15N3O2S. The molecule has 0 saturated heterocycles. The number of ether oxygens (including phenoxy) is 2. The predicted octanol–water partition coefficient (Wildman–Crippen LogP) is 3.76. The smallest absolute Gasteiger partial charge is 0.162 e. The van der Waals surface area contributed by atoms with Crippen LogP contribution in [-0.2, 0) is 0 Å². The minimum absolute atomic E-state index is 0.682. The fraction of sp³-hybridized carbons (Fsp3) is 0.200. The van der Waals surface area contributed by atoms with Crippen molar-refractivity contribution in [2.45, 2.75) is 6.92 Å². The van der Waals surface area contributed by atoms with Crippen LogP contribution in [0.4, 0.5) is 11.5 Å². The molecule has 21 heavy (non-hydrogen) atoms. The third kappa shape index (κ3) is 2.50. The second kappa shape index (κ2) is 5.57. The van der Waals surface area contributed by atoms with Crippen molar-refractivity contribution in [3.8, 4) is 11.5 Å². The number of anilines is 2. The normalized spacial score (nSPS) is 10.6. The first kappa shape index (κ1) is 13.6. The standard InChI is InChI=1S/C15H15N3O2S/c1-9-6-12(19-2)13(20-3)7-11(9)18-15-14-10(4-5-21-14)16-8-17-15/h4-8H,1-3H3,(H,16,17,18). The van der Waals surface area contributed by atoms with E-state index >= 15 is 0 Å². The molecule has 0 amide bonds. The van der Waals surface area contributed by atoms with E-state index in [0.717, 1.165) is 27.3 Å². The Morgan fingerprint density at radius 1 is 1.10 bits per heavy atom. The van der Waals surface area contributed by atoms with Crippen LogP contribution < -0.4 is 14.8 Å². The van der Waals surface area contributed by atoms with Gasteiger partial charge in [0.15, 0.2) is 17.3 Å². The van der Waals surface area contributed by atoms with Gasteiger partial charge in [0.05, 0.1) is 24.4 Å². The lowest BCUT2D eigenvalue weighted by Crippen LogP contribution is -1.99. The van der Waals surface area contributed by atoms with Gasteiger partial charge in [0, 0.05) is 11.8 Å². The van der Waals surface area contributed by atoms with E-state index < -0.39 is 0 Å². The highest BCUT2D eigenvalue weighted by atomic mass is 32.1. The molecule has 0 aliphatic rings. The van der Waals surface area contributed by atoms with Gasteiger partial charge < -0.3 is 14.8 Å². The molecule has 0 spiro atoms. The Morgan fingerprint density at radius 2 is 1.86 bits per heavy atom. The summed E-state index contributed by atoms with van der Waals surface area (Å²) in [6.45, 7) is 2.01. The molecule has 2 aromatic heterocycles. The van der Waals surface area contributed by atoms with Gasteiger partial charge >= 0.3 is 0 Å². The zero-order valence-corrected chi connectivity index (χ0v) is 12.8. The summed E-state index contributed by atoms with van der Waals surface area (Å²) in [5.41, 5.74) is 2.92. The van der Waals surface area contributed by atoms with Crippen molar-refractivity contribution in [2.75, 3.05) is 19.5 Å². The summed E-state index contributed by atoms with van der Waals surface area (Å²) in [7, 11) is 3.25. The molecule has 1 N–H and O–H groups in total. The SMILES string of the molecule is COc1cc(C)c(Nc2ncnc3ccsc23)cc1OC. The molecule has 0 atom stereocenters. The van der Waals surface area contributed by atoms with Crippen LogP contribution in [0, 0.1) is 6.92 Å². The van der Waals surface area contributed by atoms with Crippen LogP contribution in [0.5, 0.6) is 11.5 Å². The Kier molecular flexibility index (Phi) is 3.62. The third-order valence-corrected chi connectivity index (χ3v) is 4.14. The predicted molar refractivity (Wildman–Crippen MR) is 85.0 cm³/mol. The number of benzene rings is 1. The summed E-state index contributed by atoms with van der Waals surface area (Å²) in [5, 5.41) is 5.36. The van der Waals surface area contributed by atoms with Crippen LogP contribution in [0.3, 0.4) is 0 Å². The molecule has 1 aromatic carbocycles. The summed E-state index contributed by atoms with van der Waals surface area (Å²) < 4.78 is 11.7. The van der Waals surface area contributed by atoms with E-state index in [1.165, 1.54) is 0 Å². The van der Waals surface area contributed by atoms with E-state index in [1.807, 2.05) is 30.5 Å². The second-order valence-electron chi connectivity index (χ2n) is 4.50. The molecule has 0 aliphatic carbocycles. The van der Waals surface area contributed by atoms with E-state index in [-0.39, 0.29) is 0 Å². The van der Waals surface area contributed by atoms with Gasteiger partial charge in [-0.25, -0.2) is 9.97 Å². The Bertz CT molecular complexity index is 786. The lowest BCUT2D eigenvalue weighted by molar-refractivity contribution is 0.355. The molecule has 108 valence electrons. The first-order valence-corrected chi connectivity index (χ1v) is 7.28. The molecule has 6 heteroatoms. The van der Waals surface area contributed by atoms with E-state index in [4.69, 9.17) is 9.47 Å². The highest BCUT2D eigenvalue weighted by molar-refractivity contribution is 7.17. The number of hydrogen-bond donors (Lipinski definition) is 1. The van der Waals surface area contributed by atoms with Crippen molar-refractivity contribution in [1.29, 1.82) is 0 Å². The minimum Gasteiger partial charge on any atom is -0.493 e. The second-order valence-corrected chi connectivity index (χ2v) is 5.42. The summed E-state index contributed by atoms with van der Waals surface area (Å²) >= 11 is 1.61. The molecule has 3 rings (SSSR count). The Balaban J connectivity index is 2.03. The van der Waals surface area contributed by atoms with E-state index in [1.54, 1.807) is 31.9 Å². The number of methoxy groups -OCH3 is 2. The van der Waals surface area contributed by atoms with Crippen LogP contribution in [0.25, 0.3) is 10.2 Å². The van der Waals surface area contributed by atoms with Crippen molar-refractivity contribution in [3.05, 3.63) is 35.5 Å². The molecule has 0 radical (unpaired) electrons. The van der Waals surface area contributed by atoms with Crippen LogP contribution in [-0.4, -0.2) is 24.2 Å². The van der Waals surface area contributed by atoms with Crippen LogP contribution in [0.2, 0.25) is 0 Å². The maximum atomic E-state index is 5.35. The molecule has 5 nitrogen and oxygen atoms in total. The number of nitrogens with one attached hydrogen (secondary N) is 1. The summed E-state index contributed by atoms with van der Waals surface area (Å²) in [4.78, 5) is 8.57. The zero-order valence-electron chi connectivity index (χ0n) is 12.0. The third-order valence-electron chi connectivity index (χ3n) is 3.23. The number of thiophene rings is 1. The minimum atomic E-state index is 0.682. The van der Waals surface area contributed by atoms with Crippen LogP contribution >= 0.6 is 11.3 Å². The van der Waals surface area contributed by atoms with Gasteiger partial charge in [-0.2, -0.15) is 0 Å². The molecule has 3 aromatic rings. The van der Waals surface area contributed by atoms with E-state index in [9.17, 15) is 0 Å². The van der Waals surface area contributed by atoms with Gasteiger partial charge in [0.1, 0.15) is 6.33 Å². The topological polar surface area (TPSA) is 56.3 Å². The molecule has 0 saturated carbocycles. The first-order chi connectivity index (χ1) is 10.2. The molecular weight excluding hydrogens is 286 g/mol. The van der Waals surface area contributed by atoms with Gasteiger partial charge in [-0.1, -0.05) is 0 Å². The molecule has 0 aliphatic heterocycles. The maximum absolute atomic E-state index is 5.35. The lowest BCUT2D eigenvalue weighted by atomic mass is 10.1. The van der Waals surface area contributed by atoms with Gasteiger partial charge in [-0.05, 0) is 30.0 Å². The van der Waals surface area contributed by atoms with Crippen LogP contribution in [0.15, 0.2) is 29.9 Å². The quantitative estimate of drug-likeness (QED) is 0.795. The number of hydrogen-bond acceptors (Lipinski definition) is 6. The Hall–Kier alpha value is -2.34. The maximum Gasteiger partial charge on any atom is 0.162 e. The van der Waals surface area contributed by atoms with Crippen LogP contribution in [0.1, 0.15) is 5.56 Å². The number of aryl methyl sites for hydroxylation is 1. The highest BCUT2D eigenvalue weighted by Crippen LogP contribution is 2.35. The molecule has 0 fully saturated rings. The monoisotopic (exact) mass is 301 g/mol. The van der Waals surface area contributed by atoms with Crippen molar-refractivity contribution in [2.24, 2.45) is 0 Å². The number of nitrogens with zero attached hydrogens (tertiary/aromatic N) is 2. The van der Waals surface area contributed by atoms with Gasteiger partial charge in [0.2, 0.25) is 0 Å². The summed E-state index contributed by atoms with van der Waals surface area (Å²) in [6, 6.07) is 5.83. The molecule has 0 unspecified atom stereocenters. The van der Waals surface area contributed by atoms with Crippen molar-refractivity contribution in [3.63, 3.8) is 0 Å². The number of fused-ring (bicyclic) bond motifs is 1. The summed E-state index contributed by atoms with van der Waals surface area (Å²) in [5.74, 6) is 2.19. The fourth-order valence-electron chi connectivity index (χ4n) is 2.12. The molecule has 2 heterocycles.